The van der Waals surface area contributed by atoms with Crippen LogP contribution in [0.4, 0.5) is 0 Å². The Morgan fingerprint density at radius 2 is 2.26 bits per heavy atom. The number of amides is 1. The highest BCUT2D eigenvalue weighted by Gasteiger charge is 2.26. The van der Waals surface area contributed by atoms with Gasteiger partial charge in [-0.1, -0.05) is 0 Å². The predicted molar refractivity (Wildman–Crippen MR) is 87.0 cm³/mol. The number of ether oxygens (including phenoxy) is 2. The van der Waals surface area contributed by atoms with Gasteiger partial charge in [-0.25, -0.2) is 4.98 Å². The number of piperazine rings is 1. The van der Waals surface area contributed by atoms with E-state index in [0.29, 0.717) is 4.88 Å². The molecule has 0 bridgehead atoms. The van der Waals surface area contributed by atoms with Crippen molar-refractivity contribution in [2.75, 3.05) is 26.4 Å². The average Bonchev–Trinajstić information content (AvgIpc) is 3.23. The van der Waals surface area contributed by atoms with Crippen molar-refractivity contribution in [3.05, 3.63) is 29.3 Å². The van der Waals surface area contributed by atoms with Crippen LogP contribution in [-0.2, 0) is 0 Å². The van der Waals surface area contributed by atoms with Crippen LogP contribution in [0.5, 0.6) is 11.5 Å². The Kier molecular flexibility index (Phi) is 3.66. The van der Waals surface area contributed by atoms with Gasteiger partial charge < -0.3 is 19.7 Å². The summed E-state index contributed by atoms with van der Waals surface area (Å²) >= 11 is 1.42. The van der Waals surface area contributed by atoms with Gasteiger partial charge in [0.1, 0.15) is 9.88 Å². The zero-order chi connectivity index (χ0) is 15.8. The van der Waals surface area contributed by atoms with Crippen LogP contribution < -0.4 is 14.8 Å². The van der Waals surface area contributed by atoms with Crippen LogP contribution in [0.25, 0.3) is 10.6 Å². The molecule has 6 nitrogen and oxygen atoms in total. The average molecular weight is 331 g/mol. The van der Waals surface area contributed by atoms with E-state index in [1.165, 1.54) is 11.3 Å². The third-order valence-corrected chi connectivity index (χ3v) is 5.13. The van der Waals surface area contributed by atoms with Gasteiger partial charge in [-0.3, -0.25) is 4.79 Å². The molecule has 4 rings (SSSR count). The molecule has 0 aliphatic carbocycles. The van der Waals surface area contributed by atoms with E-state index in [4.69, 9.17) is 9.47 Å². The van der Waals surface area contributed by atoms with Crippen LogP contribution in [-0.4, -0.2) is 48.3 Å². The van der Waals surface area contributed by atoms with E-state index < -0.39 is 0 Å². The maximum Gasteiger partial charge on any atom is 0.265 e. The number of rotatable bonds is 2. The molecule has 2 aromatic rings. The highest BCUT2D eigenvalue weighted by Crippen LogP contribution is 2.37. The molecule has 1 atom stereocenters. The Labute approximate surface area is 138 Å². The summed E-state index contributed by atoms with van der Waals surface area (Å²) in [6, 6.07) is 5.92. The lowest BCUT2D eigenvalue weighted by atomic mass is 10.2. The second-order valence-electron chi connectivity index (χ2n) is 5.65. The van der Waals surface area contributed by atoms with Crippen molar-refractivity contribution < 1.29 is 14.3 Å². The van der Waals surface area contributed by atoms with Gasteiger partial charge in [0.25, 0.3) is 5.91 Å². The second-order valence-corrected chi connectivity index (χ2v) is 6.68. The lowest BCUT2D eigenvalue weighted by Gasteiger charge is -2.33. The van der Waals surface area contributed by atoms with Crippen LogP contribution in [0.1, 0.15) is 16.6 Å². The molecule has 2 aliphatic heterocycles. The van der Waals surface area contributed by atoms with Crippen molar-refractivity contribution in [1.29, 1.82) is 0 Å². The van der Waals surface area contributed by atoms with E-state index in [9.17, 15) is 4.79 Å². The molecule has 1 saturated heterocycles. The van der Waals surface area contributed by atoms with Crippen molar-refractivity contribution >= 4 is 17.2 Å². The Morgan fingerprint density at radius 3 is 3.13 bits per heavy atom. The van der Waals surface area contributed by atoms with E-state index in [-0.39, 0.29) is 18.7 Å². The Hall–Kier alpha value is -2.12. The molecule has 23 heavy (non-hydrogen) atoms. The lowest BCUT2D eigenvalue weighted by Crippen LogP contribution is -2.52. The molecule has 1 aromatic heterocycles. The number of hydrogen-bond acceptors (Lipinski definition) is 6. The smallest absolute Gasteiger partial charge is 0.265 e. The molecule has 7 heteroatoms. The normalized spacial score (nSPS) is 19.9. The summed E-state index contributed by atoms with van der Waals surface area (Å²) in [7, 11) is 0. The van der Waals surface area contributed by atoms with Gasteiger partial charge in [0.2, 0.25) is 6.79 Å². The monoisotopic (exact) mass is 331 g/mol. The summed E-state index contributed by atoms with van der Waals surface area (Å²) < 4.78 is 10.7. The highest BCUT2D eigenvalue weighted by atomic mass is 32.1. The van der Waals surface area contributed by atoms with Gasteiger partial charge in [-0.2, -0.15) is 0 Å². The van der Waals surface area contributed by atoms with Crippen LogP contribution >= 0.6 is 11.3 Å². The second kappa shape index (κ2) is 5.82. The highest BCUT2D eigenvalue weighted by molar-refractivity contribution is 7.16. The van der Waals surface area contributed by atoms with Crippen LogP contribution in [0.15, 0.2) is 24.4 Å². The fourth-order valence-corrected chi connectivity index (χ4v) is 3.69. The van der Waals surface area contributed by atoms with Gasteiger partial charge in [-0.05, 0) is 25.1 Å². The zero-order valence-corrected chi connectivity index (χ0v) is 13.6. The summed E-state index contributed by atoms with van der Waals surface area (Å²) in [5, 5.41) is 4.11. The van der Waals surface area contributed by atoms with Gasteiger partial charge in [-0.15, -0.1) is 11.3 Å². The van der Waals surface area contributed by atoms with Crippen molar-refractivity contribution in [3.63, 3.8) is 0 Å². The first kappa shape index (κ1) is 14.5. The Balaban J connectivity index is 1.58. The number of thiazole rings is 1. The first-order valence-electron chi connectivity index (χ1n) is 7.60. The Morgan fingerprint density at radius 1 is 1.39 bits per heavy atom. The number of fused-ring (bicyclic) bond motifs is 1. The van der Waals surface area contributed by atoms with Crippen molar-refractivity contribution in [3.8, 4) is 22.1 Å². The molecule has 1 unspecified atom stereocenters. The van der Waals surface area contributed by atoms with E-state index in [1.54, 1.807) is 6.20 Å². The molecular weight excluding hydrogens is 314 g/mol. The number of carbonyl (C=O) groups excluding carboxylic acids is 1. The molecular formula is C16H17N3O3S. The van der Waals surface area contributed by atoms with E-state index >= 15 is 0 Å². The largest absolute Gasteiger partial charge is 0.454 e. The van der Waals surface area contributed by atoms with Crippen LogP contribution in [0.2, 0.25) is 0 Å². The fourth-order valence-electron chi connectivity index (χ4n) is 2.82. The molecule has 3 heterocycles. The number of hydrogen-bond donors (Lipinski definition) is 1. The minimum atomic E-state index is 0.0588. The molecule has 1 amide bonds. The lowest BCUT2D eigenvalue weighted by molar-refractivity contribution is 0.0660. The fraction of sp³-hybridized carbons (Fsp3) is 0.375. The van der Waals surface area contributed by atoms with Gasteiger partial charge in [0.05, 0.1) is 6.20 Å². The summed E-state index contributed by atoms with van der Waals surface area (Å²) in [4.78, 5) is 19.7. The maximum atomic E-state index is 12.7. The van der Waals surface area contributed by atoms with Crippen LogP contribution in [0.3, 0.4) is 0 Å². The number of aromatic nitrogens is 1. The third-order valence-electron chi connectivity index (χ3n) is 4.10. The van der Waals surface area contributed by atoms with Gasteiger partial charge >= 0.3 is 0 Å². The zero-order valence-electron chi connectivity index (χ0n) is 12.7. The van der Waals surface area contributed by atoms with Crippen molar-refractivity contribution in [2.24, 2.45) is 0 Å². The predicted octanol–water partition coefficient (Wildman–Crippen LogP) is 1.97. The molecule has 1 aromatic carbocycles. The van der Waals surface area contributed by atoms with E-state index in [1.807, 2.05) is 23.1 Å². The summed E-state index contributed by atoms with van der Waals surface area (Å²) in [5.74, 6) is 1.53. The summed E-state index contributed by atoms with van der Waals surface area (Å²) in [6.45, 7) is 4.71. The standard InChI is InChI=1S/C16H17N3O3S/c1-10-7-17-4-5-19(10)16(20)14-8-18-15(23-14)11-2-3-12-13(6-11)22-9-21-12/h2-3,6,8,10,17H,4-5,7,9H2,1H3. The Bertz CT molecular complexity index is 746. The molecule has 120 valence electrons. The number of nitrogens with one attached hydrogen (secondary N) is 1. The molecule has 0 radical (unpaired) electrons. The first-order valence-corrected chi connectivity index (χ1v) is 8.41. The van der Waals surface area contributed by atoms with Crippen LogP contribution in [0, 0.1) is 0 Å². The van der Waals surface area contributed by atoms with Crippen molar-refractivity contribution in [2.45, 2.75) is 13.0 Å². The minimum absolute atomic E-state index is 0.0588. The quantitative estimate of drug-likeness (QED) is 0.911. The van der Waals surface area contributed by atoms with E-state index in [2.05, 4.69) is 17.2 Å². The SMILES string of the molecule is CC1CNCCN1C(=O)c1cnc(-c2ccc3c(c2)OCO3)s1. The van der Waals surface area contributed by atoms with Gasteiger partial charge in [0, 0.05) is 31.2 Å². The molecule has 0 spiro atoms. The minimum Gasteiger partial charge on any atom is -0.454 e. The molecule has 0 saturated carbocycles. The number of nitrogens with zero attached hydrogens (tertiary/aromatic N) is 2. The topological polar surface area (TPSA) is 63.7 Å². The number of benzene rings is 1. The first-order chi connectivity index (χ1) is 11.2. The molecule has 1 N–H and O–H groups in total. The molecule has 2 aliphatic rings. The molecule has 1 fully saturated rings. The van der Waals surface area contributed by atoms with Gasteiger partial charge in [0.15, 0.2) is 11.5 Å². The summed E-state index contributed by atoms with van der Waals surface area (Å²) in [5.41, 5.74) is 0.937. The maximum absolute atomic E-state index is 12.7. The van der Waals surface area contributed by atoms with Crippen molar-refractivity contribution in [1.82, 2.24) is 15.2 Å². The number of carbonyl (C=O) groups is 1. The summed E-state index contributed by atoms with van der Waals surface area (Å²) in [6.07, 6.45) is 1.67. The van der Waals surface area contributed by atoms with E-state index in [0.717, 1.165) is 41.7 Å². The third kappa shape index (κ3) is 2.66.